The van der Waals surface area contributed by atoms with E-state index in [1.807, 2.05) is 0 Å². The number of ether oxygens (including phenoxy) is 1. The maximum absolute atomic E-state index is 12.0. The topological polar surface area (TPSA) is 70.7 Å². The molecule has 1 aliphatic rings. The average Bonchev–Trinajstić information content (AvgIpc) is 2.53. The molecule has 0 spiro atoms. The van der Waals surface area contributed by atoms with Crippen molar-refractivity contribution in [2.75, 3.05) is 29.2 Å². The first kappa shape index (κ1) is 15.2. The Morgan fingerprint density at radius 3 is 2.52 bits per heavy atom. The van der Waals surface area contributed by atoms with Gasteiger partial charge in [0.2, 0.25) is 0 Å². The van der Waals surface area contributed by atoms with Crippen LogP contribution < -0.4 is 20.3 Å². The van der Waals surface area contributed by atoms with Crippen LogP contribution in [-0.2, 0) is 4.79 Å². The Hall–Kier alpha value is -2.73. The average molecular weight is 332 g/mol. The first-order valence-electron chi connectivity index (χ1n) is 6.90. The predicted octanol–water partition coefficient (Wildman–Crippen LogP) is 3.34. The number of urea groups is 1. The molecule has 0 aromatic heterocycles. The Labute approximate surface area is 138 Å². The third kappa shape index (κ3) is 3.37. The molecule has 0 aliphatic carbocycles. The maximum Gasteiger partial charge on any atom is 0.323 e. The Morgan fingerprint density at radius 1 is 1.13 bits per heavy atom. The van der Waals surface area contributed by atoms with Gasteiger partial charge in [-0.1, -0.05) is 11.6 Å². The lowest BCUT2D eigenvalue weighted by Crippen LogP contribution is -2.35. The van der Waals surface area contributed by atoms with Crippen LogP contribution in [0.2, 0.25) is 5.02 Å². The number of benzene rings is 2. The molecule has 0 atom stereocenters. The predicted molar refractivity (Wildman–Crippen MR) is 89.4 cm³/mol. The summed E-state index contributed by atoms with van der Waals surface area (Å²) in [6.07, 6.45) is 0. The fraction of sp³-hybridized carbons (Fsp3) is 0.125. The number of nitrogens with one attached hydrogen (secondary N) is 2. The summed E-state index contributed by atoms with van der Waals surface area (Å²) in [4.78, 5) is 25.1. The third-order valence-electron chi connectivity index (χ3n) is 3.41. The molecule has 118 valence electrons. The molecule has 2 aromatic rings. The highest BCUT2D eigenvalue weighted by Gasteiger charge is 2.22. The van der Waals surface area contributed by atoms with Gasteiger partial charge in [-0.2, -0.15) is 0 Å². The van der Waals surface area contributed by atoms with Gasteiger partial charge in [0.15, 0.2) is 6.61 Å². The van der Waals surface area contributed by atoms with Gasteiger partial charge in [0.05, 0.1) is 5.69 Å². The molecule has 23 heavy (non-hydrogen) atoms. The number of hydrogen-bond donors (Lipinski definition) is 2. The molecule has 2 N–H and O–H groups in total. The van der Waals surface area contributed by atoms with Crippen molar-refractivity contribution in [3.63, 3.8) is 0 Å². The Kier molecular flexibility index (Phi) is 4.08. The first-order chi connectivity index (χ1) is 11.0. The van der Waals surface area contributed by atoms with Crippen LogP contribution in [0, 0.1) is 0 Å². The van der Waals surface area contributed by atoms with E-state index in [9.17, 15) is 9.59 Å². The van der Waals surface area contributed by atoms with Crippen molar-refractivity contribution in [1.29, 1.82) is 0 Å². The SMILES string of the molecule is CN1C(=O)COc2cc(NC(=O)Nc3ccc(Cl)cc3)ccc21. The quantitative estimate of drug-likeness (QED) is 0.886. The summed E-state index contributed by atoms with van der Waals surface area (Å²) in [5.74, 6) is 0.440. The van der Waals surface area contributed by atoms with E-state index in [1.54, 1.807) is 49.5 Å². The van der Waals surface area contributed by atoms with E-state index in [2.05, 4.69) is 10.6 Å². The second-order valence-corrected chi connectivity index (χ2v) is 5.45. The highest BCUT2D eigenvalue weighted by atomic mass is 35.5. The minimum absolute atomic E-state index is 0.01000. The van der Waals surface area contributed by atoms with Crippen LogP contribution in [0.3, 0.4) is 0 Å². The lowest BCUT2D eigenvalue weighted by atomic mass is 10.2. The molecule has 0 saturated heterocycles. The highest BCUT2D eigenvalue weighted by Crippen LogP contribution is 2.33. The number of anilines is 3. The molecular weight excluding hydrogens is 318 g/mol. The molecule has 0 saturated carbocycles. The van der Waals surface area contributed by atoms with Gasteiger partial charge >= 0.3 is 6.03 Å². The molecule has 0 radical (unpaired) electrons. The van der Waals surface area contributed by atoms with Gasteiger partial charge in [0.25, 0.3) is 5.91 Å². The second-order valence-electron chi connectivity index (χ2n) is 5.01. The van der Waals surface area contributed by atoms with Crippen molar-refractivity contribution >= 4 is 40.6 Å². The van der Waals surface area contributed by atoms with E-state index in [0.29, 0.717) is 27.8 Å². The number of carbonyl (C=O) groups is 2. The number of amides is 3. The summed E-state index contributed by atoms with van der Waals surface area (Å²) < 4.78 is 5.38. The van der Waals surface area contributed by atoms with E-state index in [-0.39, 0.29) is 18.5 Å². The van der Waals surface area contributed by atoms with Gasteiger partial charge in [-0.3, -0.25) is 4.79 Å². The van der Waals surface area contributed by atoms with Crippen LogP contribution >= 0.6 is 11.6 Å². The smallest absolute Gasteiger partial charge is 0.323 e. The van der Waals surface area contributed by atoms with E-state index in [1.165, 1.54) is 4.90 Å². The minimum Gasteiger partial charge on any atom is -0.481 e. The van der Waals surface area contributed by atoms with Gasteiger partial charge in [-0.15, -0.1) is 0 Å². The van der Waals surface area contributed by atoms with Crippen LogP contribution in [0.1, 0.15) is 0 Å². The number of fused-ring (bicyclic) bond motifs is 1. The van der Waals surface area contributed by atoms with Gasteiger partial charge in [-0.25, -0.2) is 4.79 Å². The molecule has 3 rings (SSSR count). The number of carbonyl (C=O) groups excluding carboxylic acids is 2. The van der Waals surface area contributed by atoms with E-state index >= 15 is 0 Å². The summed E-state index contributed by atoms with van der Waals surface area (Å²) in [7, 11) is 1.68. The molecule has 0 bridgehead atoms. The summed E-state index contributed by atoms with van der Waals surface area (Å²) in [5.41, 5.74) is 1.87. The molecule has 1 aliphatic heterocycles. The Morgan fingerprint density at radius 2 is 1.78 bits per heavy atom. The van der Waals surface area contributed by atoms with Crippen molar-refractivity contribution < 1.29 is 14.3 Å². The number of nitrogens with zero attached hydrogens (tertiary/aromatic N) is 1. The van der Waals surface area contributed by atoms with E-state index < -0.39 is 0 Å². The fourth-order valence-corrected chi connectivity index (χ4v) is 2.31. The molecule has 0 unspecified atom stereocenters. The van der Waals surface area contributed by atoms with Crippen molar-refractivity contribution in [2.24, 2.45) is 0 Å². The highest BCUT2D eigenvalue weighted by molar-refractivity contribution is 6.30. The lowest BCUT2D eigenvalue weighted by molar-refractivity contribution is -0.120. The van der Waals surface area contributed by atoms with Gasteiger partial charge < -0.3 is 20.3 Å². The molecule has 1 heterocycles. The molecule has 0 fully saturated rings. The maximum atomic E-state index is 12.0. The van der Waals surface area contributed by atoms with Crippen LogP contribution in [0.25, 0.3) is 0 Å². The number of halogens is 1. The molecule has 2 aromatic carbocycles. The Bertz CT molecular complexity index is 762. The van der Waals surface area contributed by atoms with Crippen LogP contribution in [-0.4, -0.2) is 25.6 Å². The van der Waals surface area contributed by atoms with Crippen LogP contribution in [0.4, 0.5) is 21.9 Å². The van der Waals surface area contributed by atoms with Crippen LogP contribution in [0.5, 0.6) is 5.75 Å². The number of likely N-dealkylation sites (N-methyl/N-ethyl adjacent to an activating group) is 1. The zero-order chi connectivity index (χ0) is 16.4. The lowest BCUT2D eigenvalue weighted by Gasteiger charge is -2.26. The fourth-order valence-electron chi connectivity index (χ4n) is 2.18. The largest absolute Gasteiger partial charge is 0.481 e. The third-order valence-corrected chi connectivity index (χ3v) is 3.66. The molecule has 6 nitrogen and oxygen atoms in total. The minimum atomic E-state index is -0.382. The first-order valence-corrected chi connectivity index (χ1v) is 7.28. The number of hydrogen-bond acceptors (Lipinski definition) is 3. The van der Waals surface area contributed by atoms with Crippen LogP contribution in [0.15, 0.2) is 42.5 Å². The number of rotatable bonds is 2. The van der Waals surface area contributed by atoms with Gasteiger partial charge in [0.1, 0.15) is 5.75 Å². The molecule has 3 amide bonds. The zero-order valence-electron chi connectivity index (χ0n) is 12.3. The summed E-state index contributed by atoms with van der Waals surface area (Å²) in [6.45, 7) is -0.01000. The van der Waals surface area contributed by atoms with E-state index in [4.69, 9.17) is 16.3 Å². The summed E-state index contributed by atoms with van der Waals surface area (Å²) >= 11 is 5.80. The van der Waals surface area contributed by atoms with E-state index in [0.717, 1.165) is 0 Å². The van der Waals surface area contributed by atoms with Gasteiger partial charge in [-0.05, 0) is 36.4 Å². The van der Waals surface area contributed by atoms with Crippen molar-refractivity contribution in [1.82, 2.24) is 0 Å². The zero-order valence-corrected chi connectivity index (χ0v) is 13.1. The monoisotopic (exact) mass is 331 g/mol. The summed E-state index contributed by atoms with van der Waals surface area (Å²) in [5, 5.41) is 6.01. The second kappa shape index (κ2) is 6.18. The van der Waals surface area contributed by atoms with Gasteiger partial charge in [0, 0.05) is 29.5 Å². The van der Waals surface area contributed by atoms with Crippen molar-refractivity contribution in [3.05, 3.63) is 47.5 Å². The van der Waals surface area contributed by atoms with Crippen molar-refractivity contribution in [2.45, 2.75) is 0 Å². The molecule has 7 heteroatoms. The normalized spacial score (nSPS) is 13.1. The van der Waals surface area contributed by atoms with Crippen molar-refractivity contribution in [3.8, 4) is 5.75 Å². The Balaban J connectivity index is 1.69. The standard InChI is InChI=1S/C16H14ClN3O3/c1-20-13-7-6-12(8-14(13)23-9-15(20)21)19-16(22)18-11-4-2-10(17)3-5-11/h2-8H,9H2,1H3,(H2,18,19,22). The molecular formula is C16H14ClN3O3. The summed E-state index contributed by atoms with van der Waals surface area (Å²) in [6, 6.07) is 11.5.